The van der Waals surface area contributed by atoms with Crippen molar-refractivity contribution in [1.82, 2.24) is 0 Å². The molecule has 10 heavy (non-hydrogen) atoms. The summed E-state index contributed by atoms with van der Waals surface area (Å²) in [5.41, 5.74) is 3.68. The fourth-order valence-corrected chi connectivity index (χ4v) is 0.416. The van der Waals surface area contributed by atoms with Crippen LogP contribution in [-0.4, -0.2) is 6.18 Å². The summed E-state index contributed by atoms with van der Waals surface area (Å²) in [7, 11) is 0. The zero-order chi connectivity index (χ0) is 8.20. The molecule has 0 fully saturated rings. The molecule has 0 heterocycles. The number of alkyl halides is 3. The van der Waals surface area contributed by atoms with Gasteiger partial charge in [0.25, 0.3) is 0 Å². The summed E-state index contributed by atoms with van der Waals surface area (Å²) in [6.45, 7) is 1.79. The second kappa shape index (κ2) is 3.49. The molecule has 0 radical (unpaired) electrons. The highest BCUT2D eigenvalue weighted by Gasteiger charge is 2.30. The zero-order valence-electron chi connectivity index (χ0n) is 5.70. The number of hydrogen-bond donors (Lipinski definition) is 1. The predicted octanol–water partition coefficient (Wildman–Crippen LogP) is 2.19. The molecular weight excluding hydrogens is 143 g/mol. The highest BCUT2D eigenvalue weighted by Crippen LogP contribution is 2.21. The van der Waals surface area contributed by atoms with Crippen LogP contribution >= 0.6 is 0 Å². The Labute approximate surface area is 57.7 Å². The summed E-state index contributed by atoms with van der Waals surface area (Å²) in [6.07, 6.45) is -2.29. The molecule has 0 saturated carbocycles. The predicted molar refractivity (Wildman–Crippen MR) is 33.2 cm³/mol. The van der Waals surface area contributed by atoms with E-state index in [0.29, 0.717) is 12.8 Å². The average Bonchev–Trinajstić information content (AvgIpc) is 1.80. The van der Waals surface area contributed by atoms with Gasteiger partial charge in [0.05, 0.1) is 0 Å². The van der Waals surface area contributed by atoms with Crippen LogP contribution in [0.15, 0.2) is 11.8 Å². The van der Waals surface area contributed by atoms with Gasteiger partial charge in [0.1, 0.15) is 5.70 Å². The number of unbranched alkanes of at least 4 members (excludes halogenated alkanes) is 1. The van der Waals surface area contributed by atoms with Gasteiger partial charge in [-0.3, -0.25) is 0 Å². The van der Waals surface area contributed by atoms with Gasteiger partial charge in [0.15, 0.2) is 0 Å². The largest absolute Gasteiger partial charge is 0.430 e. The van der Waals surface area contributed by atoms with E-state index in [0.717, 1.165) is 6.08 Å². The molecule has 0 bridgehead atoms. The van der Waals surface area contributed by atoms with Crippen molar-refractivity contribution in [2.45, 2.75) is 25.9 Å². The Morgan fingerprint density at radius 2 is 2.00 bits per heavy atom. The van der Waals surface area contributed by atoms with Gasteiger partial charge >= 0.3 is 6.18 Å². The maximum Gasteiger partial charge on any atom is 0.430 e. The molecule has 0 rings (SSSR count). The lowest BCUT2D eigenvalue weighted by Crippen LogP contribution is -2.19. The van der Waals surface area contributed by atoms with Crippen LogP contribution in [0.2, 0.25) is 0 Å². The van der Waals surface area contributed by atoms with Crippen molar-refractivity contribution >= 4 is 0 Å². The lowest BCUT2D eigenvalue weighted by molar-refractivity contribution is -0.0929. The van der Waals surface area contributed by atoms with Crippen LogP contribution in [0.25, 0.3) is 0 Å². The first-order valence-corrected chi connectivity index (χ1v) is 3.01. The molecule has 0 aromatic heterocycles. The van der Waals surface area contributed by atoms with Gasteiger partial charge in [0, 0.05) is 0 Å². The summed E-state index contributed by atoms with van der Waals surface area (Å²) in [5, 5.41) is 0. The first kappa shape index (κ1) is 9.33. The summed E-state index contributed by atoms with van der Waals surface area (Å²) < 4.78 is 34.7. The summed E-state index contributed by atoms with van der Waals surface area (Å²) in [4.78, 5) is 0. The molecule has 0 aliphatic heterocycles. The van der Waals surface area contributed by atoms with Crippen LogP contribution in [0.5, 0.6) is 0 Å². The third-order valence-corrected chi connectivity index (χ3v) is 0.980. The lowest BCUT2D eigenvalue weighted by Gasteiger charge is -2.04. The molecule has 0 aliphatic carbocycles. The van der Waals surface area contributed by atoms with Gasteiger partial charge in [-0.2, -0.15) is 13.2 Å². The summed E-state index contributed by atoms with van der Waals surface area (Å²) in [5.74, 6) is 0. The minimum Gasteiger partial charge on any atom is -0.395 e. The van der Waals surface area contributed by atoms with E-state index in [9.17, 15) is 13.2 Å². The van der Waals surface area contributed by atoms with Crippen molar-refractivity contribution in [3.05, 3.63) is 11.8 Å². The highest BCUT2D eigenvalue weighted by molar-refractivity contribution is 5.02. The van der Waals surface area contributed by atoms with Gasteiger partial charge in [0.2, 0.25) is 0 Å². The fraction of sp³-hybridized carbons (Fsp3) is 0.667. The van der Waals surface area contributed by atoms with Gasteiger partial charge in [-0.25, -0.2) is 0 Å². The molecule has 0 unspecified atom stereocenters. The molecule has 2 N–H and O–H groups in total. The highest BCUT2D eigenvalue weighted by atomic mass is 19.4. The minimum atomic E-state index is -4.35. The van der Waals surface area contributed by atoms with E-state index in [1.165, 1.54) is 0 Å². The average molecular weight is 153 g/mol. The maximum atomic E-state index is 11.6. The SMILES string of the molecule is CCC/C=C(/N)C(F)(F)F. The quantitative estimate of drug-likeness (QED) is 0.646. The van der Waals surface area contributed by atoms with Crippen molar-refractivity contribution < 1.29 is 13.2 Å². The number of halogens is 3. The van der Waals surface area contributed by atoms with Gasteiger partial charge in [-0.1, -0.05) is 19.4 Å². The monoisotopic (exact) mass is 153 g/mol. The molecule has 0 aromatic carbocycles. The van der Waals surface area contributed by atoms with E-state index in [1.807, 2.05) is 0 Å². The first-order valence-electron chi connectivity index (χ1n) is 3.01. The van der Waals surface area contributed by atoms with Crippen molar-refractivity contribution in [3.8, 4) is 0 Å². The van der Waals surface area contributed by atoms with E-state index in [2.05, 4.69) is 5.73 Å². The Morgan fingerprint density at radius 1 is 1.50 bits per heavy atom. The third kappa shape index (κ3) is 3.37. The normalized spacial score (nSPS) is 13.8. The Morgan fingerprint density at radius 3 is 2.30 bits per heavy atom. The molecular formula is C6H10F3N. The maximum absolute atomic E-state index is 11.6. The topological polar surface area (TPSA) is 26.0 Å². The number of rotatable bonds is 2. The van der Waals surface area contributed by atoms with Gasteiger partial charge < -0.3 is 5.73 Å². The van der Waals surface area contributed by atoms with Crippen LogP contribution in [0, 0.1) is 0 Å². The number of hydrogen-bond acceptors (Lipinski definition) is 1. The Kier molecular flexibility index (Phi) is 3.25. The van der Waals surface area contributed by atoms with Gasteiger partial charge in [-0.05, 0) is 6.42 Å². The van der Waals surface area contributed by atoms with Gasteiger partial charge in [-0.15, -0.1) is 0 Å². The van der Waals surface area contributed by atoms with Crippen LogP contribution in [0.4, 0.5) is 13.2 Å². The van der Waals surface area contributed by atoms with Crippen molar-refractivity contribution in [2.75, 3.05) is 0 Å². The summed E-state index contributed by atoms with van der Waals surface area (Å²) in [6, 6.07) is 0. The van der Waals surface area contributed by atoms with Crippen LogP contribution in [0.1, 0.15) is 19.8 Å². The van der Waals surface area contributed by atoms with Crippen molar-refractivity contribution in [2.24, 2.45) is 5.73 Å². The van der Waals surface area contributed by atoms with E-state index in [1.54, 1.807) is 6.92 Å². The molecule has 0 spiro atoms. The molecule has 4 heteroatoms. The van der Waals surface area contributed by atoms with Crippen molar-refractivity contribution in [1.29, 1.82) is 0 Å². The molecule has 1 nitrogen and oxygen atoms in total. The number of allylic oxidation sites excluding steroid dienone is 2. The second-order valence-electron chi connectivity index (χ2n) is 1.95. The van der Waals surface area contributed by atoms with E-state index < -0.39 is 11.9 Å². The fourth-order valence-electron chi connectivity index (χ4n) is 0.416. The van der Waals surface area contributed by atoms with Crippen LogP contribution in [-0.2, 0) is 0 Å². The Hall–Kier alpha value is -0.670. The molecule has 0 saturated heterocycles. The van der Waals surface area contributed by atoms with E-state index in [4.69, 9.17) is 0 Å². The third-order valence-electron chi connectivity index (χ3n) is 0.980. The van der Waals surface area contributed by atoms with Crippen molar-refractivity contribution in [3.63, 3.8) is 0 Å². The molecule has 0 aromatic rings. The van der Waals surface area contributed by atoms with Crippen LogP contribution in [0.3, 0.4) is 0 Å². The Bertz CT molecular complexity index is 125. The molecule has 0 atom stereocenters. The second-order valence-corrected chi connectivity index (χ2v) is 1.95. The summed E-state index contributed by atoms with van der Waals surface area (Å²) >= 11 is 0. The van der Waals surface area contributed by atoms with E-state index in [-0.39, 0.29) is 0 Å². The standard InChI is InChI=1S/C6H10F3N/c1-2-3-4-5(10)6(7,8)9/h4H,2-3,10H2,1H3/b5-4+. The minimum absolute atomic E-state index is 0.380. The Balaban J connectivity index is 3.93. The zero-order valence-corrected chi connectivity index (χ0v) is 5.70. The molecule has 0 aliphatic rings. The lowest BCUT2D eigenvalue weighted by atomic mass is 10.3. The smallest absolute Gasteiger partial charge is 0.395 e. The first-order chi connectivity index (χ1) is 4.48. The molecule has 0 amide bonds. The number of nitrogens with two attached hydrogens (primary N) is 1. The molecule has 60 valence electrons. The van der Waals surface area contributed by atoms with E-state index >= 15 is 0 Å². The van der Waals surface area contributed by atoms with Crippen LogP contribution < -0.4 is 5.73 Å².